The van der Waals surface area contributed by atoms with Gasteiger partial charge < -0.3 is 10.0 Å². The molecule has 1 aromatic carbocycles. The standard InChI is InChI=1S/C17H23NO3S/c1-3-22-14-9-8-13(11-14)18(2)16(19)10-12-6-4-5-7-15(12)17(20)21/h4-7,13-14H,3,8-11H2,1-2H3,(H,20,21). The van der Waals surface area contributed by atoms with Crippen LogP contribution in [0.15, 0.2) is 24.3 Å². The van der Waals surface area contributed by atoms with E-state index in [1.54, 1.807) is 24.3 Å². The molecule has 0 spiro atoms. The Bertz CT molecular complexity index is 546. The van der Waals surface area contributed by atoms with E-state index in [-0.39, 0.29) is 23.9 Å². The summed E-state index contributed by atoms with van der Waals surface area (Å²) in [4.78, 5) is 25.5. The minimum Gasteiger partial charge on any atom is -0.478 e. The Balaban J connectivity index is 1.99. The summed E-state index contributed by atoms with van der Waals surface area (Å²) in [6.45, 7) is 2.16. The topological polar surface area (TPSA) is 57.6 Å². The summed E-state index contributed by atoms with van der Waals surface area (Å²) in [6.07, 6.45) is 3.40. The third-order valence-electron chi connectivity index (χ3n) is 4.29. The van der Waals surface area contributed by atoms with Gasteiger partial charge in [-0.1, -0.05) is 25.1 Å². The monoisotopic (exact) mass is 321 g/mol. The van der Waals surface area contributed by atoms with Crippen LogP contribution in [0.5, 0.6) is 0 Å². The molecule has 2 unspecified atom stereocenters. The molecule has 22 heavy (non-hydrogen) atoms. The molecule has 5 heteroatoms. The lowest BCUT2D eigenvalue weighted by Gasteiger charge is -2.25. The molecule has 0 aliphatic heterocycles. The highest BCUT2D eigenvalue weighted by molar-refractivity contribution is 7.99. The van der Waals surface area contributed by atoms with Crippen molar-refractivity contribution < 1.29 is 14.7 Å². The van der Waals surface area contributed by atoms with E-state index in [9.17, 15) is 14.7 Å². The molecular weight excluding hydrogens is 298 g/mol. The van der Waals surface area contributed by atoms with Gasteiger partial charge in [0.2, 0.25) is 5.91 Å². The molecule has 2 atom stereocenters. The number of nitrogens with zero attached hydrogens (tertiary/aromatic N) is 1. The van der Waals surface area contributed by atoms with E-state index in [1.165, 1.54) is 0 Å². The van der Waals surface area contributed by atoms with Crippen LogP contribution >= 0.6 is 11.8 Å². The number of hydrogen-bond donors (Lipinski definition) is 1. The van der Waals surface area contributed by atoms with Gasteiger partial charge in [-0.15, -0.1) is 0 Å². The van der Waals surface area contributed by atoms with Gasteiger partial charge in [0, 0.05) is 18.3 Å². The number of likely N-dealkylation sites (N-methyl/N-ethyl adjacent to an activating group) is 1. The summed E-state index contributed by atoms with van der Waals surface area (Å²) in [5.74, 6) is 0.133. The van der Waals surface area contributed by atoms with E-state index < -0.39 is 5.97 Å². The number of rotatable bonds is 6. The second-order valence-corrected chi connectivity index (χ2v) is 7.27. The molecule has 1 aliphatic rings. The van der Waals surface area contributed by atoms with Gasteiger partial charge in [0.05, 0.1) is 12.0 Å². The minimum absolute atomic E-state index is 0.000786. The normalized spacial score (nSPS) is 20.8. The lowest BCUT2D eigenvalue weighted by molar-refractivity contribution is -0.131. The van der Waals surface area contributed by atoms with E-state index in [2.05, 4.69) is 6.92 Å². The summed E-state index contributed by atoms with van der Waals surface area (Å²) in [5, 5.41) is 9.84. The largest absolute Gasteiger partial charge is 0.478 e. The number of benzene rings is 1. The van der Waals surface area contributed by atoms with Gasteiger partial charge >= 0.3 is 5.97 Å². The first kappa shape index (κ1) is 16.9. The Labute approximate surface area is 135 Å². The molecule has 120 valence electrons. The van der Waals surface area contributed by atoms with Crippen molar-refractivity contribution >= 4 is 23.6 Å². The van der Waals surface area contributed by atoms with Crippen LogP contribution in [0.3, 0.4) is 0 Å². The molecule has 4 nitrogen and oxygen atoms in total. The lowest BCUT2D eigenvalue weighted by Crippen LogP contribution is -2.36. The van der Waals surface area contributed by atoms with Gasteiger partial charge in [0.15, 0.2) is 0 Å². The van der Waals surface area contributed by atoms with Gasteiger partial charge in [0.1, 0.15) is 0 Å². The predicted molar refractivity (Wildman–Crippen MR) is 89.4 cm³/mol. The Morgan fingerprint density at radius 1 is 1.32 bits per heavy atom. The maximum absolute atomic E-state index is 12.5. The number of carbonyl (C=O) groups is 2. The van der Waals surface area contributed by atoms with Crippen LogP contribution in [-0.2, 0) is 11.2 Å². The van der Waals surface area contributed by atoms with Gasteiger partial charge in [-0.3, -0.25) is 4.79 Å². The fourth-order valence-electron chi connectivity index (χ4n) is 3.03. The average Bonchev–Trinajstić information content (AvgIpc) is 2.95. The summed E-state index contributed by atoms with van der Waals surface area (Å²) in [7, 11) is 1.84. The number of carbonyl (C=O) groups excluding carboxylic acids is 1. The van der Waals surface area contributed by atoms with Gasteiger partial charge in [0.25, 0.3) is 0 Å². The quantitative estimate of drug-likeness (QED) is 0.875. The zero-order valence-electron chi connectivity index (χ0n) is 13.1. The molecule has 1 saturated carbocycles. The molecule has 0 saturated heterocycles. The van der Waals surface area contributed by atoms with Crippen LogP contribution in [0, 0.1) is 0 Å². The number of carboxylic acid groups (broad SMARTS) is 1. The van der Waals surface area contributed by atoms with Crippen LogP contribution in [-0.4, -0.2) is 46.0 Å². The number of carboxylic acids is 1. The van der Waals surface area contributed by atoms with Crippen LogP contribution in [0.4, 0.5) is 0 Å². The van der Waals surface area contributed by atoms with Gasteiger partial charge in [-0.2, -0.15) is 11.8 Å². The highest BCUT2D eigenvalue weighted by Crippen LogP contribution is 2.32. The predicted octanol–water partition coefficient (Wildman–Crippen LogP) is 3.06. The number of thioether (sulfide) groups is 1. The molecule has 1 aliphatic carbocycles. The smallest absolute Gasteiger partial charge is 0.335 e. The SMILES string of the molecule is CCSC1CCC(N(C)C(=O)Cc2ccccc2C(=O)O)C1. The van der Waals surface area contributed by atoms with Crippen LogP contribution in [0.1, 0.15) is 42.1 Å². The Hall–Kier alpha value is -1.49. The van der Waals surface area contributed by atoms with E-state index in [1.807, 2.05) is 23.7 Å². The van der Waals surface area contributed by atoms with Gasteiger partial charge in [-0.25, -0.2) is 4.79 Å². The first-order chi connectivity index (χ1) is 10.5. The Morgan fingerprint density at radius 2 is 2.05 bits per heavy atom. The summed E-state index contributed by atoms with van der Waals surface area (Å²) in [6, 6.07) is 7.02. The second kappa shape index (κ2) is 7.68. The molecule has 0 bridgehead atoms. The summed E-state index contributed by atoms with van der Waals surface area (Å²) >= 11 is 1.97. The van der Waals surface area contributed by atoms with E-state index in [0.717, 1.165) is 25.0 Å². The molecule has 1 fully saturated rings. The van der Waals surface area contributed by atoms with E-state index in [4.69, 9.17) is 0 Å². The molecule has 0 aromatic heterocycles. The number of aromatic carboxylic acids is 1. The van der Waals surface area contributed by atoms with Crippen molar-refractivity contribution in [3.8, 4) is 0 Å². The number of amides is 1. The van der Waals surface area contributed by atoms with Crippen molar-refractivity contribution in [2.75, 3.05) is 12.8 Å². The Kier molecular flexibility index (Phi) is 5.89. The summed E-state index contributed by atoms with van der Waals surface area (Å²) in [5.41, 5.74) is 0.805. The molecule has 0 radical (unpaired) electrons. The van der Waals surface area contributed by atoms with E-state index in [0.29, 0.717) is 10.8 Å². The zero-order valence-corrected chi connectivity index (χ0v) is 13.9. The molecular formula is C17H23NO3S. The van der Waals surface area contributed by atoms with Crippen molar-refractivity contribution in [1.29, 1.82) is 0 Å². The zero-order chi connectivity index (χ0) is 16.1. The van der Waals surface area contributed by atoms with Gasteiger partial charge in [-0.05, 0) is 36.6 Å². The molecule has 1 N–H and O–H groups in total. The maximum Gasteiger partial charge on any atom is 0.335 e. The highest BCUT2D eigenvalue weighted by atomic mass is 32.2. The highest BCUT2D eigenvalue weighted by Gasteiger charge is 2.30. The number of hydrogen-bond acceptors (Lipinski definition) is 3. The van der Waals surface area contributed by atoms with Crippen LogP contribution in [0.2, 0.25) is 0 Å². The average molecular weight is 321 g/mol. The molecule has 0 heterocycles. The van der Waals surface area contributed by atoms with E-state index >= 15 is 0 Å². The second-order valence-electron chi connectivity index (χ2n) is 5.69. The lowest BCUT2D eigenvalue weighted by atomic mass is 10.0. The van der Waals surface area contributed by atoms with Crippen molar-refractivity contribution in [3.63, 3.8) is 0 Å². The third kappa shape index (κ3) is 4.03. The molecule has 2 rings (SSSR count). The van der Waals surface area contributed by atoms with Crippen molar-refractivity contribution in [2.24, 2.45) is 0 Å². The fraction of sp³-hybridized carbons (Fsp3) is 0.529. The molecule has 1 amide bonds. The third-order valence-corrected chi connectivity index (χ3v) is 5.52. The summed E-state index contributed by atoms with van der Waals surface area (Å²) < 4.78 is 0. The van der Waals surface area contributed by atoms with Crippen molar-refractivity contribution in [2.45, 2.75) is 43.9 Å². The minimum atomic E-state index is -0.980. The van der Waals surface area contributed by atoms with Crippen molar-refractivity contribution in [3.05, 3.63) is 35.4 Å². The molecule has 1 aromatic rings. The fourth-order valence-corrected chi connectivity index (χ4v) is 4.16. The first-order valence-corrected chi connectivity index (χ1v) is 8.76. The first-order valence-electron chi connectivity index (χ1n) is 7.71. The van der Waals surface area contributed by atoms with Crippen LogP contribution < -0.4 is 0 Å². The van der Waals surface area contributed by atoms with Crippen LogP contribution in [0.25, 0.3) is 0 Å². The van der Waals surface area contributed by atoms with Crippen molar-refractivity contribution in [1.82, 2.24) is 4.90 Å². The Morgan fingerprint density at radius 3 is 2.73 bits per heavy atom. The maximum atomic E-state index is 12.5.